The molecule has 2 N–H and O–H groups in total. The maximum absolute atomic E-state index is 5.78. The lowest BCUT2D eigenvalue weighted by atomic mass is 10.2. The molecular formula is C14H21Cl2N3O4. The Labute approximate surface area is 146 Å². The average molecular weight is 366 g/mol. The smallest absolute Gasteiger partial charge is 0.231 e. The van der Waals surface area contributed by atoms with E-state index in [2.05, 4.69) is 9.55 Å². The molecule has 2 aromatic rings. The molecule has 0 fully saturated rings. The average Bonchev–Trinajstić information content (AvgIpc) is 3.08. The molecule has 0 atom stereocenters. The van der Waals surface area contributed by atoms with Gasteiger partial charge in [-0.2, -0.15) is 0 Å². The Morgan fingerprint density at radius 3 is 2.61 bits per heavy atom. The van der Waals surface area contributed by atoms with Gasteiger partial charge in [0.1, 0.15) is 5.82 Å². The molecule has 23 heavy (non-hydrogen) atoms. The predicted octanol–water partition coefficient (Wildman–Crippen LogP) is 1.73. The van der Waals surface area contributed by atoms with Gasteiger partial charge in [-0.1, -0.05) is 0 Å². The summed E-state index contributed by atoms with van der Waals surface area (Å²) in [4.78, 5) is 4.55. The zero-order valence-electron chi connectivity index (χ0n) is 12.8. The van der Waals surface area contributed by atoms with Crippen molar-refractivity contribution in [1.29, 1.82) is 0 Å². The summed E-state index contributed by atoms with van der Waals surface area (Å²) in [5.41, 5.74) is 7.62. The third-order valence-corrected chi connectivity index (χ3v) is 3.40. The molecule has 1 aromatic heterocycles. The Bertz CT molecular complexity index is 636. The van der Waals surface area contributed by atoms with Crippen molar-refractivity contribution >= 4 is 35.8 Å². The number of aromatic nitrogens is 2. The summed E-state index contributed by atoms with van der Waals surface area (Å²) in [5.74, 6) is 2.30. The summed E-state index contributed by atoms with van der Waals surface area (Å²) in [5, 5.41) is 0. The van der Waals surface area contributed by atoms with Gasteiger partial charge in [0.15, 0.2) is 11.5 Å². The molecule has 130 valence electrons. The molecule has 0 unspecified atom stereocenters. The molecule has 0 saturated carbocycles. The van der Waals surface area contributed by atoms with Crippen LogP contribution in [0.25, 0.3) is 11.0 Å². The van der Waals surface area contributed by atoms with Gasteiger partial charge in [0.05, 0.1) is 37.4 Å². The fraction of sp³-hybridized carbons (Fsp3) is 0.500. The van der Waals surface area contributed by atoms with E-state index in [0.29, 0.717) is 32.9 Å². The number of imidazole rings is 1. The summed E-state index contributed by atoms with van der Waals surface area (Å²) < 4.78 is 23.3. The Kier molecular flexibility index (Phi) is 7.87. The summed E-state index contributed by atoms with van der Waals surface area (Å²) in [6.07, 6.45) is 0. The molecule has 0 aliphatic carbocycles. The van der Waals surface area contributed by atoms with Gasteiger partial charge in [-0.3, -0.25) is 0 Å². The van der Waals surface area contributed by atoms with E-state index in [-0.39, 0.29) is 31.6 Å². The molecule has 3 rings (SSSR count). The number of rotatable bonds is 7. The zero-order chi connectivity index (χ0) is 14.7. The highest BCUT2D eigenvalue weighted by molar-refractivity contribution is 5.85. The predicted molar refractivity (Wildman–Crippen MR) is 90.9 cm³/mol. The minimum Gasteiger partial charge on any atom is -0.454 e. The molecule has 0 saturated heterocycles. The third-order valence-electron chi connectivity index (χ3n) is 3.40. The fourth-order valence-electron chi connectivity index (χ4n) is 2.37. The van der Waals surface area contributed by atoms with Crippen molar-refractivity contribution in [2.75, 3.05) is 33.7 Å². The Balaban J connectivity index is 0.00000132. The number of nitrogens with zero attached hydrogens (tertiary/aromatic N) is 2. The number of benzene rings is 1. The van der Waals surface area contributed by atoms with Gasteiger partial charge in [-0.25, -0.2) is 4.98 Å². The lowest BCUT2D eigenvalue weighted by molar-refractivity contribution is 0.0667. The van der Waals surface area contributed by atoms with Gasteiger partial charge in [-0.05, 0) is 0 Å². The second-order valence-electron chi connectivity index (χ2n) is 4.68. The minimum absolute atomic E-state index is 0. The number of nitrogens with two attached hydrogens (primary N) is 1. The van der Waals surface area contributed by atoms with Crippen LogP contribution in [0.4, 0.5) is 0 Å². The largest absolute Gasteiger partial charge is 0.454 e. The van der Waals surface area contributed by atoms with Crippen LogP contribution in [0, 0.1) is 0 Å². The van der Waals surface area contributed by atoms with Crippen molar-refractivity contribution < 1.29 is 18.9 Å². The van der Waals surface area contributed by atoms with Gasteiger partial charge >= 0.3 is 0 Å². The van der Waals surface area contributed by atoms with Crippen LogP contribution in [0.2, 0.25) is 0 Å². The van der Waals surface area contributed by atoms with Crippen LogP contribution in [0.1, 0.15) is 5.82 Å². The van der Waals surface area contributed by atoms with Crippen molar-refractivity contribution in [1.82, 2.24) is 9.55 Å². The molecule has 0 bridgehead atoms. The Morgan fingerprint density at radius 2 is 1.91 bits per heavy atom. The van der Waals surface area contributed by atoms with Crippen molar-refractivity contribution in [3.05, 3.63) is 18.0 Å². The van der Waals surface area contributed by atoms with E-state index in [9.17, 15) is 0 Å². The lowest BCUT2D eigenvalue weighted by Crippen LogP contribution is -2.13. The molecular weight excluding hydrogens is 345 g/mol. The number of fused-ring (bicyclic) bond motifs is 2. The SMILES string of the molecule is COCCOCCn1c(CN)nc2cc3c(cc21)OCO3.Cl.Cl. The zero-order valence-corrected chi connectivity index (χ0v) is 14.5. The van der Waals surface area contributed by atoms with E-state index in [1.807, 2.05) is 12.1 Å². The standard InChI is InChI=1S/C14H19N3O4.2ClH/c1-18-4-5-19-3-2-17-11-7-13-12(20-9-21-13)6-10(11)16-14(17)8-15;;/h6-7H,2-5,8-9,15H2,1H3;2*1H. The normalized spacial score (nSPS) is 12.1. The van der Waals surface area contributed by atoms with Crippen LogP contribution in [0.3, 0.4) is 0 Å². The Morgan fingerprint density at radius 1 is 1.17 bits per heavy atom. The monoisotopic (exact) mass is 365 g/mol. The highest BCUT2D eigenvalue weighted by Gasteiger charge is 2.18. The van der Waals surface area contributed by atoms with Crippen molar-refractivity contribution in [2.24, 2.45) is 5.73 Å². The topological polar surface area (TPSA) is 80.8 Å². The third kappa shape index (κ3) is 4.19. The van der Waals surface area contributed by atoms with Crippen molar-refractivity contribution in [3.63, 3.8) is 0 Å². The quantitative estimate of drug-likeness (QED) is 0.752. The molecule has 0 spiro atoms. The maximum atomic E-state index is 5.78. The first-order valence-electron chi connectivity index (χ1n) is 6.89. The first-order valence-corrected chi connectivity index (χ1v) is 6.89. The number of hydrogen-bond acceptors (Lipinski definition) is 6. The molecule has 0 amide bonds. The van der Waals surface area contributed by atoms with Crippen LogP contribution >= 0.6 is 24.8 Å². The number of ether oxygens (including phenoxy) is 4. The van der Waals surface area contributed by atoms with Gasteiger partial charge in [0, 0.05) is 25.8 Å². The summed E-state index contributed by atoms with van der Waals surface area (Å²) in [6.45, 7) is 3.06. The van der Waals surface area contributed by atoms with Crippen molar-refractivity contribution in [3.8, 4) is 11.5 Å². The molecule has 1 aliphatic rings. The van der Waals surface area contributed by atoms with E-state index >= 15 is 0 Å². The second kappa shape index (κ2) is 9.14. The van der Waals surface area contributed by atoms with E-state index in [4.69, 9.17) is 24.7 Å². The summed E-state index contributed by atoms with van der Waals surface area (Å²) >= 11 is 0. The minimum atomic E-state index is 0. The van der Waals surface area contributed by atoms with Crippen LogP contribution < -0.4 is 15.2 Å². The van der Waals surface area contributed by atoms with Gasteiger partial charge in [0.25, 0.3) is 0 Å². The maximum Gasteiger partial charge on any atom is 0.231 e. The number of hydrogen-bond donors (Lipinski definition) is 1. The summed E-state index contributed by atoms with van der Waals surface area (Å²) in [7, 11) is 1.65. The summed E-state index contributed by atoms with van der Waals surface area (Å²) in [6, 6.07) is 3.83. The molecule has 0 radical (unpaired) electrons. The first-order chi connectivity index (χ1) is 10.3. The second-order valence-corrected chi connectivity index (χ2v) is 4.68. The number of halogens is 2. The van der Waals surface area contributed by atoms with Crippen LogP contribution in [0.5, 0.6) is 11.5 Å². The molecule has 1 aromatic carbocycles. The van der Waals surface area contributed by atoms with Gasteiger partial charge < -0.3 is 29.2 Å². The number of methoxy groups -OCH3 is 1. The van der Waals surface area contributed by atoms with Crippen LogP contribution in [-0.2, 0) is 22.6 Å². The lowest BCUT2D eigenvalue weighted by Gasteiger charge is -2.09. The molecule has 9 heteroatoms. The van der Waals surface area contributed by atoms with E-state index in [0.717, 1.165) is 28.4 Å². The first kappa shape index (κ1) is 19.8. The van der Waals surface area contributed by atoms with E-state index in [1.165, 1.54) is 0 Å². The fourth-order valence-corrected chi connectivity index (χ4v) is 2.37. The molecule has 7 nitrogen and oxygen atoms in total. The van der Waals surface area contributed by atoms with Crippen LogP contribution in [-0.4, -0.2) is 43.3 Å². The highest BCUT2D eigenvalue weighted by Crippen LogP contribution is 2.36. The Hall–Kier alpha value is -1.25. The van der Waals surface area contributed by atoms with Gasteiger partial charge in [0.2, 0.25) is 6.79 Å². The highest BCUT2D eigenvalue weighted by atomic mass is 35.5. The van der Waals surface area contributed by atoms with Crippen molar-refractivity contribution in [2.45, 2.75) is 13.1 Å². The van der Waals surface area contributed by atoms with E-state index < -0.39 is 0 Å². The van der Waals surface area contributed by atoms with Gasteiger partial charge in [-0.15, -0.1) is 24.8 Å². The molecule has 1 aliphatic heterocycles. The molecule has 2 heterocycles. The van der Waals surface area contributed by atoms with E-state index in [1.54, 1.807) is 7.11 Å². The van der Waals surface area contributed by atoms with Crippen LogP contribution in [0.15, 0.2) is 12.1 Å².